The summed E-state index contributed by atoms with van der Waals surface area (Å²) in [4.78, 5) is 0. The Balaban J connectivity index is 2.11. The van der Waals surface area contributed by atoms with Crippen molar-refractivity contribution >= 4 is 22.4 Å². The fourth-order valence-electron chi connectivity index (χ4n) is 2.31. The van der Waals surface area contributed by atoms with E-state index in [-0.39, 0.29) is 0 Å². The zero-order valence-electron chi connectivity index (χ0n) is 10.3. The standard InChI is InChI=1S/C17H13ClO/c18-14-10-8-13(9-11-14)17(19)16-7-3-5-12-4-1-2-6-15(12)16/h1-11,17,19H/t17-/m1/s1. The summed E-state index contributed by atoms with van der Waals surface area (Å²) in [5, 5.41) is 13.4. The van der Waals surface area contributed by atoms with Gasteiger partial charge in [0.15, 0.2) is 0 Å². The van der Waals surface area contributed by atoms with Crippen LogP contribution in [0, 0.1) is 0 Å². The Labute approximate surface area is 117 Å². The minimum Gasteiger partial charge on any atom is -0.384 e. The van der Waals surface area contributed by atoms with E-state index in [0.29, 0.717) is 5.02 Å². The molecule has 0 saturated heterocycles. The molecular weight excluding hydrogens is 256 g/mol. The summed E-state index contributed by atoms with van der Waals surface area (Å²) < 4.78 is 0. The van der Waals surface area contributed by atoms with Crippen LogP contribution < -0.4 is 0 Å². The van der Waals surface area contributed by atoms with E-state index in [0.717, 1.165) is 21.9 Å². The number of aliphatic hydroxyl groups is 1. The zero-order chi connectivity index (χ0) is 13.2. The van der Waals surface area contributed by atoms with Gasteiger partial charge in [0.25, 0.3) is 0 Å². The SMILES string of the molecule is O[C@H](c1ccc(Cl)cc1)c1cccc2ccccc12. The van der Waals surface area contributed by atoms with Crippen molar-refractivity contribution in [1.82, 2.24) is 0 Å². The quantitative estimate of drug-likeness (QED) is 0.722. The Bertz CT molecular complexity index is 699. The molecule has 3 rings (SSSR count). The van der Waals surface area contributed by atoms with Crippen LogP contribution in [0.2, 0.25) is 5.02 Å². The number of fused-ring (bicyclic) bond motifs is 1. The van der Waals surface area contributed by atoms with Crippen LogP contribution in [0.3, 0.4) is 0 Å². The van der Waals surface area contributed by atoms with Gasteiger partial charge in [-0.15, -0.1) is 0 Å². The highest BCUT2D eigenvalue weighted by molar-refractivity contribution is 6.30. The summed E-state index contributed by atoms with van der Waals surface area (Å²) in [6, 6.07) is 21.4. The van der Waals surface area contributed by atoms with Crippen LogP contribution in [0.25, 0.3) is 10.8 Å². The Hall–Kier alpha value is -1.83. The molecule has 3 aromatic rings. The van der Waals surface area contributed by atoms with Crippen LogP contribution >= 0.6 is 11.6 Å². The first-order chi connectivity index (χ1) is 9.25. The van der Waals surface area contributed by atoms with E-state index in [9.17, 15) is 5.11 Å². The molecule has 0 unspecified atom stereocenters. The first-order valence-corrected chi connectivity index (χ1v) is 6.55. The number of rotatable bonds is 2. The average molecular weight is 269 g/mol. The van der Waals surface area contributed by atoms with Gasteiger partial charge in [0.1, 0.15) is 6.10 Å². The molecule has 0 radical (unpaired) electrons. The molecule has 0 fully saturated rings. The molecule has 2 heteroatoms. The normalized spacial score (nSPS) is 12.5. The van der Waals surface area contributed by atoms with Gasteiger partial charge in [0, 0.05) is 5.02 Å². The number of hydrogen-bond acceptors (Lipinski definition) is 1. The fourth-order valence-corrected chi connectivity index (χ4v) is 2.44. The lowest BCUT2D eigenvalue weighted by atomic mass is 9.96. The molecule has 1 nitrogen and oxygen atoms in total. The van der Waals surface area contributed by atoms with Gasteiger partial charge in [-0.05, 0) is 34.0 Å². The molecule has 1 atom stereocenters. The van der Waals surface area contributed by atoms with Crippen molar-refractivity contribution in [2.45, 2.75) is 6.10 Å². The number of halogens is 1. The molecule has 3 aromatic carbocycles. The van der Waals surface area contributed by atoms with E-state index in [4.69, 9.17) is 11.6 Å². The Morgan fingerprint density at radius 2 is 1.47 bits per heavy atom. The predicted octanol–water partition coefficient (Wildman–Crippen LogP) is 4.57. The molecule has 0 saturated carbocycles. The summed E-state index contributed by atoms with van der Waals surface area (Å²) in [5.41, 5.74) is 1.76. The Kier molecular flexibility index (Phi) is 3.24. The summed E-state index contributed by atoms with van der Waals surface area (Å²) in [5.74, 6) is 0. The molecule has 0 heterocycles. The largest absolute Gasteiger partial charge is 0.384 e. The molecule has 0 bridgehead atoms. The van der Waals surface area contributed by atoms with E-state index < -0.39 is 6.10 Å². The van der Waals surface area contributed by atoms with E-state index in [1.807, 2.05) is 54.6 Å². The third-order valence-electron chi connectivity index (χ3n) is 3.30. The molecule has 19 heavy (non-hydrogen) atoms. The van der Waals surface area contributed by atoms with Gasteiger partial charge < -0.3 is 5.11 Å². The van der Waals surface area contributed by atoms with Gasteiger partial charge in [-0.1, -0.05) is 66.2 Å². The first kappa shape index (κ1) is 12.2. The van der Waals surface area contributed by atoms with Crippen molar-refractivity contribution in [2.75, 3.05) is 0 Å². The van der Waals surface area contributed by atoms with E-state index in [1.54, 1.807) is 12.1 Å². The van der Waals surface area contributed by atoms with Crippen LogP contribution in [-0.4, -0.2) is 5.11 Å². The van der Waals surface area contributed by atoms with Gasteiger partial charge in [-0.2, -0.15) is 0 Å². The molecule has 0 aliphatic heterocycles. The van der Waals surface area contributed by atoms with E-state index >= 15 is 0 Å². The summed E-state index contributed by atoms with van der Waals surface area (Å²) in [6.07, 6.45) is -0.636. The Morgan fingerprint density at radius 1 is 0.789 bits per heavy atom. The predicted molar refractivity (Wildman–Crippen MR) is 79.5 cm³/mol. The highest BCUT2D eigenvalue weighted by atomic mass is 35.5. The van der Waals surface area contributed by atoms with Crippen molar-refractivity contribution in [3.8, 4) is 0 Å². The number of benzene rings is 3. The van der Waals surface area contributed by atoms with Gasteiger partial charge in [0.05, 0.1) is 0 Å². The van der Waals surface area contributed by atoms with Crippen LogP contribution in [0.1, 0.15) is 17.2 Å². The topological polar surface area (TPSA) is 20.2 Å². The third kappa shape index (κ3) is 2.35. The number of hydrogen-bond donors (Lipinski definition) is 1. The minimum absolute atomic E-state index is 0.636. The molecule has 0 amide bonds. The second-order valence-corrected chi connectivity index (χ2v) is 4.96. The first-order valence-electron chi connectivity index (χ1n) is 6.17. The van der Waals surface area contributed by atoms with Crippen molar-refractivity contribution in [1.29, 1.82) is 0 Å². The lowest BCUT2D eigenvalue weighted by molar-refractivity contribution is 0.222. The second-order valence-electron chi connectivity index (χ2n) is 4.52. The highest BCUT2D eigenvalue weighted by Crippen LogP contribution is 2.29. The van der Waals surface area contributed by atoms with Crippen LogP contribution in [0.15, 0.2) is 66.7 Å². The molecule has 0 aliphatic rings. The summed E-state index contributed by atoms with van der Waals surface area (Å²) in [6.45, 7) is 0. The lowest BCUT2D eigenvalue weighted by Gasteiger charge is -2.14. The van der Waals surface area contributed by atoms with Gasteiger partial charge in [-0.3, -0.25) is 0 Å². The second kappa shape index (κ2) is 5.04. The molecule has 94 valence electrons. The fraction of sp³-hybridized carbons (Fsp3) is 0.0588. The van der Waals surface area contributed by atoms with Gasteiger partial charge >= 0.3 is 0 Å². The Morgan fingerprint density at radius 3 is 2.26 bits per heavy atom. The zero-order valence-corrected chi connectivity index (χ0v) is 11.0. The van der Waals surface area contributed by atoms with Crippen molar-refractivity contribution in [3.05, 3.63) is 82.9 Å². The number of aliphatic hydroxyl groups excluding tert-OH is 1. The summed E-state index contributed by atoms with van der Waals surface area (Å²) in [7, 11) is 0. The molecule has 0 aliphatic carbocycles. The highest BCUT2D eigenvalue weighted by Gasteiger charge is 2.12. The van der Waals surface area contributed by atoms with E-state index in [2.05, 4.69) is 0 Å². The maximum Gasteiger partial charge on any atom is 0.105 e. The average Bonchev–Trinajstić information content (AvgIpc) is 2.47. The maximum absolute atomic E-state index is 10.5. The van der Waals surface area contributed by atoms with Gasteiger partial charge in [-0.25, -0.2) is 0 Å². The van der Waals surface area contributed by atoms with Crippen LogP contribution in [-0.2, 0) is 0 Å². The maximum atomic E-state index is 10.5. The van der Waals surface area contributed by atoms with Gasteiger partial charge in [0.2, 0.25) is 0 Å². The molecule has 1 N–H and O–H groups in total. The molecular formula is C17H13ClO. The minimum atomic E-state index is -0.636. The molecule has 0 spiro atoms. The third-order valence-corrected chi connectivity index (χ3v) is 3.56. The van der Waals surface area contributed by atoms with Crippen molar-refractivity contribution < 1.29 is 5.11 Å². The lowest BCUT2D eigenvalue weighted by Crippen LogP contribution is -2.00. The van der Waals surface area contributed by atoms with Crippen LogP contribution in [0.4, 0.5) is 0 Å². The summed E-state index contributed by atoms with van der Waals surface area (Å²) >= 11 is 5.88. The smallest absolute Gasteiger partial charge is 0.105 e. The van der Waals surface area contributed by atoms with Crippen LogP contribution in [0.5, 0.6) is 0 Å². The van der Waals surface area contributed by atoms with Crippen molar-refractivity contribution in [2.24, 2.45) is 0 Å². The van der Waals surface area contributed by atoms with E-state index in [1.165, 1.54) is 0 Å². The monoisotopic (exact) mass is 268 g/mol. The molecule has 0 aromatic heterocycles. The van der Waals surface area contributed by atoms with Crippen molar-refractivity contribution in [3.63, 3.8) is 0 Å².